The number of nitrogens with zero attached hydrogens (tertiary/aromatic N) is 3. The molecule has 0 atom stereocenters. The van der Waals surface area contributed by atoms with Crippen molar-refractivity contribution >= 4 is 11.9 Å². The number of hydrogen-bond acceptors (Lipinski definition) is 3. The van der Waals surface area contributed by atoms with Gasteiger partial charge >= 0.3 is 6.18 Å². The van der Waals surface area contributed by atoms with Gasteiger partial charge in [0.15, 0.2) is 0 Å². The third-order valence-corrected chi connectivity index (χ3v) is 4.02. The van der Waals surface area contributed by atoms with Gasteiger partial charge in [0.25, 0.3) is 0 Å². The van der Waals surface area contributed by atoms with E-state index in [-0.39, 0.29) is 4.90 Å². The van der Waals surface area contributed by atoms with Crippen molar-refractivity contribution in [1.29, 1.82) is 5.26 Å². The molecule has 1 aromatic heterocycles. The van der Waals surface area contributed by atoms with Crippen molar-refractivity contribution in [3.05, 3.63) is 41.6 Å². The smallest absolute Gasteiger partial charge is 0.335 e. The molecule has 1 heterocycles. The van der Waals surface area contributed by atoms with Gasteiger partial charge < -0.3 is 4.57 Å². The third kappa shape index (κ3) is 3.29. The summed E-state index contributed by atoms with van der Waals surface area (Å²) in [7, 11) is 5.04. The Kier molecular flexibility index (Phi) is 4.54. The highest BCUT2D eigenvalue weighted by atomic mass is 32.2. The van der Waals surface area contributed by atoms with Crippen LogP contribution in [-0.4, -0.2) is 23.0 Å². The van der Waals surface area contributed by atoms with E-state index >= 15 is 0 Å². The minimum absolute atomic E-state index is 0.149. The normalized spacial score (nSPS) is 11.7. The van der Waals surface area contributed by atoms with Gasteiger partial charge in [-0.05, 0) is 55.9 Å². The van der Waals surface area contributed by atoms with Crippen LogP contribution < -0.4 is 0 Å². The van der Waals surface area contributed by atoms with Crippen molar-refractivity contribution in [3.63, 3.8) is 0 Å². The van der Waals surface area contributed by atoms with Crippen molar-refractivity contribution in [2.24, 2.45) is 7.05 Å². The molecule has 1 aromatic carbocycles. The molecule has 0 spiro atoms. The molecular weight excluding hydrogens is 311 g/mol. The Hall–Kier alpha value is -1.91. The summed E-state index contributed by atoms with van der Waals surface area (Å²) in [6.07, 6.45) is -4.43. The molecule has 0 amide bonds. The molecule has 0 fully saturated rings. The maximum Gasteiger partial charge on any atom is 0.417 e. The van der Waals surface area contributed by atoms with Crippen LogP contribution in [0.25, 0.3) is 11.3 Å². The van der Waals surface area contributed by atoms with E-state index in [0.29, 0.717) is 17.0 Å². The Morgan fingerprint density at radius 1 is 1.18 bits per heavy atom. The van der Waals surface area contributed by atoms with Crippen LogP contribution in [0.5, 0.6) is 0 Å². The van der Waals surface area contributed by atoms with Crippen LogP contribution in [0.2, 0.25) is 0 Å². The van der Waals surface area contributed by atoms with E-state index in [0.717, 1.165) is 18.0 Å². The monoisotopic (exact) mass is 325 g/mol. The molecule has 0 N–H and O–H groups in total. The van der Waals surface area contributed by atoms with E-state index < -0.39 is 11.7 Å². The highest BCUT2D eigenvalue weighted by Gasteiger charge is 2.34. The van der Waals surface area contributed by atoms with Gasteiger partial charge in [-0.3, -0.25) is 4.31 Å². The molecule has 0 aliphatic heterocycles. The predicted molar refractivity (Wildman–Crippen MR) is 80.1 cm³/mol. The van der Waals surface area contributed by atoms with Crippen molar-refractivity contribution in [1.82, 2.24) is 8.87 Å². The maximum atomic E-state index is 13.3. The fraction of sp³-hybridized carbons (Fsp3) is 0.267. The summed E-state index contributed by atoms with van der Waals surface area (Å²) in [6.45, 7) is 0. The SMILES string of the molecule is CN(C)Sc1ccc(-c2ccc(C#N)n2C)cc1C(F)(F)F. The Bertz CT molecular complexity index is 727. The quantitative estimate of drug-likeness (QED) is 0.795. The number of nitriles is 1. The minimum atomic E-state index is -4.43. The molecule has 0 saturated carbocycles. The predicted octanol–water partition coefficient (Wildman–Crippen LogP) is 4.15. The van der Waals surface area contributed by atoms with Crippen LogP contribution in [0.1, 0.15) is 11.3 Å². The molecule has 7 heteroatoms. The molecule has 22 heavy (non-hydrogen) atoms. The first kappa shape index (κ1) is 16.5. The Morgan fingerprint density at radius 2 is 1.86 bits per heavy atom. The minimum Gasteiger partial charge on any atom is -0.335 e. The Balaban J connectivity index is 2.56. The van der Waals surface area contributed by atoms with Crippen LogP contribution in [0.3, 0.4) is 0 Å². The zero-order valence-corrected chi connectivity index (χ0v) is 13.1. The highest BCUT2D eigenvalue weighted by molar-refractivity contribution is 7.97. The first-order chi connectivity index (χ1) is 10.2. The van der Waals surface area contributed by atoms with Crippen LogP contribution >= 0.6 is 11.9 Å². The molecular formula is C15H14F3N3S. The summed E-state index contributed by atoms with van der Waals surface area (Å²) in [5.74, 6) is 0. The summed E-state index contributed by atoms with van der Waals surface area (Å²) < 4.78 is 43.0. The molecule has 116 valence electrons. The molecule has 3 nitrogen and oxygen atoms in total. The lowest BCUT2D eigenvalue weighted by Crippen LogP contribution is -2.10. The fourth-order valence-corrected chi connectivity index (χ4v) is 2.90. The molecule has 0 aliphatic rings. The molecule has 0 saturated heterocycles. The summed E-state index contributed by atoms with van der Waals surface area (Å²) >= 11 is 1.02. The average Bonchev–Trinajstić information content (AvgIpc) is 2.78. The van der Waals surface area contributed by atoms with E-state index in [4.69, 9.17) is 5.26 Å². The molecule has 2 aromatic rings. The topological polar surface area (TPSA) is 32.0 Å². The van der Waals surface area contributed by atoms with Crippen LogP contribution in [0, 0.1) is 11.3 Å². The van der Waals surface area contributed by atoms with Crippen LogP contribution in [0.15, 0.2) is 35.2 Å². The average molecular weight is 325 g/mol. The maximum absolute atomic E-state index is 13.3. The number of benzene rings is 1. The Labute approximate surface area is 131 Å². The van der Waals surface area contributed by atoms with Gasteiger partial charge in [-0.15, -0.1) is 0 Å². The highest BCUT2D eigenvalue weighted by Crippen LogP contribution is 2.39. The molecule has 0 aliphatic carbocycles. The molecule has 0 unspecified atom stereocenters. The van der Waals surface area contributed by atoms with Crippen molar-refractivity contribution in [3.8, 4) is 17.3 Å². The number of rotatable bonds is 3. The second-order valence-electron chi connectivity index (χ2n) is 4.89. The second kappa shape index (κ2) is 6.07. The van der Waals surface area contributed by atoms with Crippen molar-refractivity contribution < 1.29 is 13.2 Å². The van der Waals surface area contributed by atoms with Gasteiger partial charge in [-0.1, -0.05) is 6.07 Å². The lowest BCUT2D eigenvalue weighted by molar-refractivity contribution is -0.139. The van der Waals surface area contributed by atoms with Gasteiger partial charge in [0, 0.05) is 17.6 Å². The molecule has 0 radical (unpaired) electrons. The fourth-order valence-electron chi connectivity index (χ4n) is 2.10. The molecule has 0 bridgehead atoms. The van der Waals surface area contributed by atoms with Gasteiger partial charge in [0.05, 0.1) is 5.56 Å². The van der Waals surface area contributed by atoms with E-state index in [9.17, 15) is 13.2 Å². The van der Waals surface area contributed by atoms with E-state index in [1.54, 1.807) is 48.2 Å². The van der Waals surface area contributed by atoms with Gasteiger partial charge in [0.1, 0.15) is 11.8 Å². The van der Waals surface area contributed by atoms with Crippen LogP contribution in [-0.2, 0) is 13.2 Å². The first-order valence-electron chi connectivity index (χ1n) is 6.36. The summed E-state index contributed by atoms with van der Waals surface area (Å²) in [4.78, 5) is 0.149. The summed E-state index contributed by atoms with van der Waals surface area (Å²) in [6, 6.07) is 9.46. The lowest BCUT2D eigenvalue weighted by atomic mass is 10.1. The second-order valence-corrected chi connectivity index (χ2v) is 6.24. The van der Waals surface area contributed by atoms with Crippen molar-refractivity contribution in [2.75, 3.05) is 14.1 Å². The Morgan fingerprint density at radius 3 is 2.36 bits per heavy atom. The van der Waals surface area contributed by atoms with Gasteiger partial charge in [-0.2, -0.15) is 18.4 Å². The zero-order chi connectivity index (χ0) is 16.5. The summed E-state index contributed by atoms with van der Waals surface area (Å²) in [5, 5.41) is 8.95. The third-order valence-electron chi connectivity index (χ3n) is 3.10. The zero-order valence-electron chi connectivity index (χ0n) is 12.3. The van der Waals surface area contributed by atoms with Gasteiger partial charge in [-0.25, -0.2) is 0 Å². The number of aromatic nitrogens is 1. The molecule has 2 rings (SSSR count). The summed E-state index contributed by atoms with van der Waals surface area (Å²) in [5.41, 5.74) is 0.724. The number of alkyl halides is 3. The van der Waals surface area contributed by atoms with Gasteiger partial charge in [0.2, 0.25) is 0 Å². The van der Waals surface area contributed by atoms with E-state index in [1.165, 1.54) is 6.07 Å². The first-order valence-corrected chi connectivity index (χ1v) is 7.14. The van der Waals surface area contributed by atoms with Crippen LogP contribution in [0.4, 0.5) is 13.2 Å². The largest absolute Gasteiger partial charge is 0.417 e. The number of halogens is 3. The van der Waals surface area contributed by atoms with Crippen molar-refractivity contribution in [2.45, 2.75) is 11.1 Å². The lowest BCUT2D eigenvalue weighted by Gasteiger charge is -2.17. The van der Waals surface area contributed by atoms with E-state index in [1.807, 2.05) is 6.07 Å². The number of hydrogen-bond donors (Lipinski definition) is 0. The van der Waals surface area contributed by atoms with E-state index in [2.05, 4.69) is 0 Å². The standard InChI is InChI=1S/C15H14F3N3S/c1-20(2)22-14-7-4-10(8-12(14)15(16,17)18)13-6-5-11(9-19)21(13)3/h4-8H,1-3H3.